The van der Waals surface area contributed by atoms with Crippen LogP contribution in [0.15, 0.2) is 52.7 Å². The Morgan fingerprint density at radius 3 is 2.61 bits per heavy atom. The van der Waals surface area contributed by atoms with Crippen molar-refractivity contribution >= 4 is 33.5 Å². The molecule has 0 saturated carbocycles. The molecule has 0 bridgehead atoms. The van der Waals surface area contributed by atoms with E-state index in [2.05, 4.69) is 5.32 Å². The Hall–Kier alpha value is -2.16. The van der Waals surface area contributed by atoms with Crippen molar-refractivity contribution in [1.82, 2.24) is 5.32 Å². The third kappa shape index (κ3) is 5.85. The lowest BCUT2D eigenvalue weighted by Crippen LogP contribution is -2.24. The van der Waals surface area contributed by atoms with Gasteiger partial charge in [-0.3, -0.25) is 0 Å². The summed E-state index contributed by atoms with van der Waals surface area (Å²) < 4.78 is 27.4. The van der Waals surface area contributed by atoms with E-state index in [9.17, 15) is 13.2 Å². The van der Waals surface area contributed by atoms with Crippen LogP contribution in [0.25, 0.3) is 6.08 Å². The van der Waals surface area contributed by atoms with Gasteiger partial charge in [0, 0.05) is 11.4 Å². The van der Waals surface area contributed by atoms with Crippen molar-refractivity contribution in [1.29, 1.82) is 0 Å². The molecule has 23 heavy (non-hydrogen) atoms. The van der Waals surface area contributed by atoms with Crippen molar-refractivity contribution in [3.8, 4) is 0 Å². The molecular weight excluding hydrogens is 336 g/mol. The predicted molar refractivity (Wildman–Crippen MR) is 89.4 cm³/mol. The maximum Gasteiger partial charge on any atom is 0.407 e. The molecule has 2 aromatic rings. The standard InChI is InChI=1S/C15H16N2O4S2/c16-23(19,20)14-9-8-13(22-14)7-4-10-17-15(18)21-11-12-5-2-1-3-6-12/h1-9H,10-11H2,(H,17,18)(H2,16,19,20). The van der Waals surface area contributed by atoms with Crippen molar-refractivity contribution in [3.05, 3.63) is 59.0 Å². The summed E-state index contributed by atoms with van der Waals surface area (Å²) in [6.07, 6.45) is 2.88. The van der Waals surface area contributed by atoms with E-state index in [4.69, 9.17) is 9.88 Å². The number of rotatable bonds is 6. The maximum atomic E-state index is 11.5. The molecule has 1 aromatic carbocycles. The number of benzene rings is 1. The summed E-state index contributed by atoms with van der Waals surface area (Å²) >= 11 is 1.06. The number of nitrogens with two attached hydrogens (primary N) is 1. The highest BCUT2D eigenvalue weighted by Gasteiger charge is 2.09. The molecule has 0 atom stereocenters. The van der Waals surface area contributed by atoms with Gasteiger partial charge in [0.05, 0.1) is 0 Å². The van der Waals surface area contributed by atoms with Crippen LogP contribution in [0.2, 0.25) is 0 Å². The molecule has 122 valence electrons. The van der Waals surface area contributed by atoms with Gasteiger partial charge in [-0.25, -0.2) is 18.4 Å². The molecule has 0 fully saturated rings. The van der Waals surface area contributed by atoms with E-state index in [1.165, 1.54) is 6.07 Å². The van der Waals surface area contributed by atoms with Crippen LogP contribution in [0, 0.1) is 0 Å². The monoisotopic (exact) mass is 352 g/mol. The van der Waals surface area contributed by atoms with Crippen LogP contribution in [-0.2, 0) is 21.4 Å². The number of sulfonamides is 1. The Balaban J connectivity index is 1.74. The number of primary sulfonamides is 1. The fourth-order valence-corrected chi connectivity index (χ4v) is 3.35. The highest BCUT2D eigenvalue weighted by Crippen LogP contribution is 2.21. The number of alkyl carbamates (subject to hydrolysis) is 1. The summed E-state index contributed by atoms with van der Waals surface area (Å²) in [5.74, 6) is 0. The summed E-state index contributed by atoms with van der Waals surface area (Å²) in [6, 6.07) is 12.5. The molecule has 0 aliphatic rings. The van der Waals surface area contributed by atoms with Crippen LogP contribution in [0.3, 0.4) is 0 Å². The van der Waals surface area contributed by atoms with Gasteiger partial charge in [-0.05, 0) is 23.8 Å². The Kier molecular flexibility index (Phi) is 5.91. The van der Waals surface area contributed by atoms with Crippen LogP contribution >= 0.6 is 11.3 Å². The first-order valence-corrected chi connectivity index (χ1v) is 9.05. The fourth-order valence-electron chi connectivity index (χ4n) is 1.67. The first-order valence-electron chi connectivity index (χ1n) is 6.69. The molecule has 0 radical (unpaired) electrons. The summed E-state index contributed by atoms with van der Waals surface area (Å²) in [6.45, 7) is 0.481. The van der Waals surface area contributed by atoms with Gasteiger partial charge in [-0.15, -0.1) is 11.3 Å². The molecule has 0 aliphatic carbocycles. The number of hydrogen-bond donors (Lipinski definition) is 2. The molecule has 1 amide bonds. The first kappa shape index (κ1) is 17.2. The zero-order chi connectivity index (χ0) is 16.7. The number of thiophene rings is 1. The average molecular weight is 352 g/mol. The molecule has 0 aliphatic heterocycles. The molecular formula is C15H16N2O4S2. The van der Waals surface area contributed by atoms with Crippen molar-refractivity contribution in [3.63, 3.8) is 0 Å². The number of carbonyl (C=O) groups is 1. The molecule has 0 unspecified atom stereocenters. The summed E-state index contributed by atoms with van der Waals surface area (Å²) in [7, 11) is -3.66. The Morgan fingerprint density at radius 2 is 1.96 bits per heavy atom. The van der Waals surface area contributed by atoms with Gasteiger partial charge in [0.25, 0.3) is 0 Å². The molecule has 1 heterocycles. The van der Waals surface area contributed by atoms with Crippen LogP contribution in [-0.4, -0.2) is 21.1 Å². The SMILES string of the molecule is NS(=O)(=O)c1ccc(C=CCNC(=O)OCc2ccccc2)s1. The lowest BCUT2D eigenvalue weighted by molar-refractivity contribution is 0.141. The Bertz CT molecular complexity index is 783. The van der Waals surface area contributed by atoms with Gasteiger partial charge in [0.15, 0.2) is 0 Å². The fraction of sp³-hybridized carbons (Fsp3) is 0.133. The topological polar surface area (TPSA) is 98.5 Å². The summed E-state index contributed by atoms with van der Waals surface area (Å²) in [5, 5.41) is 7.60. The second-order valence-electron chi connectivity index (χ2n) is 4.55. The minimum absolute atomic E-state index is 0.104. The molecule has 3 N–H and O–H groups in total. The van der Waals surface area contributed by atoms with Gasteiger partial charge in [-0.1, -0.05) is 36.4 Å². The zero-order valence-electron chi connectivity index (χ0n) is 12.1. The third-order valence-corrected chi connectivity index (χ3v) is 5.23. The maximum absolute atomic E-state index is 11.5. The number of nitrogens with one attached hydrogen (secondary N) is 1. The molecule has 2 rings (SSSR count). The van der Waals surface area contributed by atoms with E-state index in [-0.39, 0.29) is 17.4 Å². The van der Waals surface area contributed by atoms with Crippen LogP contribution in [0.4, 0.5) is 4.79 Å². The van der Waals surface area contributed by atoms with E-state index in [0.29, 0.717) is 0 Å². The number of hydrogen-bond acceptors (Lipinski definition) is 5. The molecule has 1 aromatic heterocycles. The van der Waals surface area contributed by atoms with Crippen molar-refractivity contribution in [2.24, 2.45) is 5.14 Å². The van der Waals surface area contributed by atoms with E-state index in [1.807, 2.05) is 30.3 Å². The number of amides is 1. The second-order valence-corrected chi connectivity index (χ2v) is 7.45. The quantitative estimate of drug-likeness (QED) is 0.833. The van der Waals surface area contributed by atoms with Crippen LogP contribution in [0.1, 0.15) is 10.4 Å². The minimum atomic E-state index is -3.66. The minimum Gasteiger partial charge on any atom is -0.445 e. The second kappa shape index (κ2) is 7.91. The lowest BCUT2D eigenvalue weighted by Gasteiger charge is -2.05. The summed E-state index contributed by atoms with van der Waals surface area (Å²) in [5.41, 5.74) is 0.910. The van der Waals surface area contributed by atoms with E-state index >= 15 is 0 Å². The van der Waals surface area contributed by atoms with Crippen LogP contribution < -0.4 is 10.5 Å². The first-order chi connectivity index (χ1) is 10.9. The molecule has 0 saturated heterocycles. The van der Waals surface area contributed by atoms with Gasteiger partial charge in [0.2, 0.25) is 10.0 Å². The average Bonchev–Trinajstić information content (AvgIpc) is 3.00. The zero-order valence-corrected chi connectivity index (χ0v) is 13.8. The van der Waals surface area contributed by atoms with Crippen molar-refractivity contribution in [2.45, 2.75) is 10.8 Å². The smallest absolute Gasteiger partial charge is 0.407 e. The Morgan fingerprint density at radius 1 is 1.22 bits per heavy atom. The van der Waals surface area contributed by atoms with E-state index in [1.54, 1.807) is 18.2 Å². The molecule has 0 spiro atoms. The van der Waals surface area contributed by atoms with Crippen molar-refractivity contribution < 1.29 is 17.9 Å². The van der Waals surface area contributed by atoms with E-state index in [0.717, 1.165) is 21.8 Å². The third-order valence-electron chi connectivity index (χ3n) is 2.74. The summed E-state index contributed by atoms with van der Waals surface area (Å²) in [4.78, 5) is 12.2. The predicted octanol–water partition coefficient (Wildman–Crippen LogP) is 2.34. The van der Waals surface area contributed by atoms with Crippen molar-refractivity contribution in [2.75, 3.05) is 6.54 Å². The van der Waals surface area contributed by atoms with Gasteiger partial charge >= 0.3 is 6.09 Å². The highest BCUT2D eigenvalue weighted by atomic mass is 32.2. The number of carbonyl (C=O) groups excluding carboxylic acids is 1. The van der Waals surface area contributed by atoms with Crippen LogP contribution in [0.5, 0.6) is 0 Å². The van der Waals surface area contributed by atoms with Gasteiger partial charge in [0.1, 0.15) is 10.8 Å². The lowest BCUT2D eigenvalue weighted by atomic mass is 10.2. The molecule has 6 nitrogen and oxygen atoms in total. The highest BCUT2D eigenvalue weighted by molar-refractivity contribution is 7.91. The largest absolute Gasteiger partial charge is 0.445 e. The normalized spacial score (nSPS) is 11.5. The number of ether oxygens (including phenoxy) is 1. The van der Waals surface area contributed by atoms with Gasteiger partial charge in [-0.2, -0.15) is 0 Å². The van der Waals surface area contributed by atoms with Gasteiger partial charge < -0.3 is 10.1 Å². The molecule has 8 heteroatoms. The van der Waals surface area contributed by atoms with E-state index < -0.39 is 16.1 Å². The Labute approximate surface area is 138 Å².